The second-order valence-electron chi connectivity index (χ2n) is 13.6. The number of hydrogen-bond acceptors (Lipinski definition) is 9. The highest BCUT2D eigenvalue weighted by Crippen LogP contribution is 2.42. The quantitative estimate of drug-likeness (QED) is 0.131. The maximum atomic E-state index is 13.6. The van der Waals surface area contributed by atoms with Gasteiger partial charge in [-0.05, 0) is 63.9 Å². The zero-order chi connectivity index (χ0) is 38.3. The Morgan fingerprint density at radius 2 is 1.66 bits per heavy atom. The van der Waals surface area contributed by atoms with Crippen molar-refractivity contribution in [3.63, 3.8) is 0 Å². The van der Waals surface area contributed by atoms with Crippen molar-refractivity contribution in [3.05, 3.63) is 82.0 Å². The van der Waals surface area contributed by atoms with Crippen LogP contribution in [0.4, 0.5) is 4.79 Å². The van der Waals surface area contributed by atoms with Crippen LogP contribution in [-0.2, 0) is 20.8 Å². The lowest BCUT2D eigenvalue weighted by molar-refractivity contribution is -0.133. The normalized spacial score (nSPS) is 13.4. The maximum absolute atomic E-state index is 13.6. The highest BCUT2D eigenvalue weighted by atomic mass is 35.5. The van der Waals surface area contributed by atoms with Crippen LogP contribution in [0.1, 0.15) is 56.0 Å². The molecule has 0 aliphatic carbocycles. The molecule has 2 aromatic heterocycles. The molecular formula is C40H44Cl2N4O7. The Morgan fingerprint density at radius 3 is 2.32 bits per heavy atom. The number of likely N-dealkylation sites (tertiary alicyclic amines) is 1. The number of ether oxygens (including phenoxy) is 4. The Kier molecular flexibility index (Phi) is 13.0. The van der Waals surface area contributed by atoms with E-state index in [9.17, 15) is 14.4 Å². The molecule has 13 heteroatoms. The molecule has 11 nitrogen and oxygen atoms in total. The molecule has 1 aliphatic heterocycles. The van der Waals surface area contributed by atoms with E-state index in [2.05, 4.69) is 4.98 Å². The van der Waals surface area contributed by atoms with Crippen molar-refractivity contribution >= 4 is 41.5 Å². The molecule has 280 valence electrons. The van der Waals surface area contributed by atoms with Crippen LogP contribution in [0.2, 0.25) is 10.0 Å². The van der Waals surface area contributed by atoms with Crippen LogP contribution < -0.4 is 9.47 Å². The molecule has 0 saturated carbocycles. The first-order valence-electron chi connectivity index (χ1n) is 17.3. The van der Waals surface area contributed by atoms with Gasteiger partial charge < -0.3 is 28.7 Å². The minimum Gasteiger partial charge on any atom is -0.496 e. The fraction of sp³-hybridized carbons (Fsp3) is 0.375. The van der Waals surface area contributed by atoms with Crippen molar-refractivity contribution in [1.29, 1.82) is 0 Å². The number of amides is 2. The molecule has 4 aromatic rings. The summed E-state index contributed by atoms with van der Waals surface area (Å²) in [5.41, 5.74) is 4.11. The van der Waals surface area contributed by atoms with Gasteiger partial charge in [0, 0.05) is 60.3 Å². The van der Waals surface area contributed by atoms with Crippen molar-refractivity contribution in [1.82, 2.24) is 19.8 Å². The molecule has 0 N–H and O–H groups in total. The van der Waals surface area contributed by atoms with Gasteiger partial charge in [-0.3, -0.25) is 14.6 Å². The summed E-state index contributed by atoms with van der Waals surface area (Å²) in [6.45, 7) is 7.11. The predicted molar refractivity (Wildman–Crippen MR) is 205 cm³/mol. The molecule has 0 radical (unpaired) electrons. The highest BCUT2D eigenvalue weighted by molar-refractivity contribution is 6.39. The fourth-order valence-corrected chi connectivity index (χ4v) is 6.93. The molecule has 1 fully saturated rings. The molecule has 0 unspecified atom stereocenters. The topological polar surface area (TPSA) is 120 Å². The number of benzene rings is 2. The predicted octanol–water partition coefficient (Wildman–Crippen LogP) is 8.38. The minimum absolute atomic E-state index is 0.0380. The maximum Gasteiger partial charge on any atom is 0.410 e. The van der Waals surface area contributed by atoms with Crippen molar-refractivity contribution in [2.75, 3.05) is 41.0 Å². The Labute approximate surface area is 320 Å². The number of piperidine rings is 1. The van der Waals surface area contributed by atoms with E-state index in [-0.39, 0.29) is 18.5 Å². The van der Waals surface area contributed by atoms with Gasteiger partial charge in [0.15, 0.2) is 6.29 Å². The van der Waals surface area contributed by atoms with Crippen molar-refractivity contribution in [2.24, 2.45) is 0 Å². The van der Waals surface area contributed by atoms with Gasteiger partial charge in [0.05, 0.1) is 60.8 Å². The third-order valence-electron chi connectivity index (χ3n) is 8.97. The second kappa shape index (κ2) is 17.4. The lowest BCUT2D eigenvalue weighted by atomic mass is 9.99. The molecule has 2 aromatic carbocycles. The van der Waals surface area contributed by atoms with Gasteiger partial charge >= 0.3 is 6.09 Å². The Balaban J connectivity index is 1.43. The summed E-state index contributed by atoms with van der Waals surface area (Å²) < 4.78 is 22.1. The van der Waals surface area contributed by atoms with E-state index in [1.165, 1.54) is 14.2 Å². The number of pyridine rings is 2. The molecule has 1 aliphatic rings. The third kappa shape index (κ3) is 9.27. The van der Waals surface area contributed by atoms with E-state index < -0.39 is 11.7 Å². The van der Waals surface area contributed by atoms with Crippen LogP contribution in [-0.4, -0.2) is 90.7 Å². The SMILES string of the molecule is COCCC(=O)N1CCC(N(Cc2ccc(-c3cccc(-c4ccnc(-c5ccc(C=O)c(OC)c5)c4Cl)c3Cl)nc2OC)C(=O)OC(C)(C)C)CC1. The fourth-order valence-electron chi connectivity index (χ4n) is 6.28. The molecule has 0 spiro atoms. The first-order valence-corrected chi connectivity index (χ1v) is 18.0. The number of halogens is 2. The van der Waals surface area contributed by atoms with E-state index in [0.29, 0.717) is 105 Å². The number of hydrogen-bond donors (Lipinski definition) is 0. The smallest absolute Gasteiger partial charge is 0.410 e. The van der Waals surface area contributed by atoms with Gasteiger partial charge in [-0.25, -0.2) is 9.78 Å². The lowest BCUT2D eigenvalue weighted by Crippen LogP contribution is -2.49. The molecule has 0 bridgehead atoms. The van der Waals surface area contributed by atoms with Crippen LogP contribution >= 0.6 is 23.2 Å². The van der Waals surface area contributed by atoms with E-state index in [0.717, 1.165) is 6.29 Å². The minimum atomic E-state index is -0.702. The Bertz CT molecular complexity index is 1960. The first kappa shape index (κ1) is 39.5. The average molecular weight is 764 g/mol. The first-order chi connectivity index (χ1) is 25.4. The van der Waals surface area contributed by atoms with Gasteiger partial charge in [0.25, 0.3) is 0 Å². The number of nitrogens with zero attached hydrogens (tertiary/aromatic N) is 4. The number of aldehydes is 1. The zero-order valence-corrected chi connectivity index (χ0v) is 32.3. The number of aromatic nitrogens is 2. The zero-order valence-electron chi connectivity index (χ0n) is 30.8. The van der Waals surface area contributed by atoms with Crippen LogP contribution in [0.15, 0.2) is 60.8 Å². The van der Waals surface area contributed by atoms with Crippen LogP contribution in [0.3, 0.4) is 0 Å². The number of methoxy groups -OCH3 is 3. The number of rotatable bonds is 12. The molecular weight excluding hydrogens is 719 g/mol. The van der Waals surface area contributed by atoms with Crippen LogP contribution in [0.5, 0.6) is 11.6 Å². The monoisotopic (exact) mass is 762 g/mol. The molecule has 0 atom stereocenters. The van der Waals surface area contributed by atoms with Gasteiger partial charge in [-0.1, -0.05) is 47.5 Å². The number of carbonyl (C=O) groups excluding carboxylic acids is 3. The van der Waals surface area contributed by atoms with E-state index in [1.807, 2.05) is 56.0 Å². The molecule has 5 rings (SSSR count). The summed E-state index contributed by atoms with van der Waals surface area (Å²) in [5.74, 6) is 0.784. The molecule has 3 heterocycles. The van der Waals surface area contributed by atoms with Gasteiger partial charge in [0.1, 0.15) is 11.4 Å². The second-order valence-corrected chi connectivity index (χ2v) is 14.3. The molecule has 53 heavy (non-hydrogen) atoms. The van der Waals surface area contributed by atoms with Crippen LogP contribution in [0.25, 0.3) is 33.6 Å². The van der Waals surface area contributed by atoms with Gasteiger partial charge in [-0.2, -0.15) is 0 Å². The van der Waals surface area contributed by atoms with Gasteiger partial charge in [-0.15, -0.1) is 0 Å². The van der Waals surface area contributed by atoms with E-state index in [1.54, 1.807) is 42.5 Å². The standard InChI is InChI=1S/C40H44Cl2N4O7/c1-40(2,3)53-39(49)46(28-15-19-45(20-16-28)34(48)17-21-50-4)23-26-12-13-32(44-38(26)52-6)31-9-7-8-29(35(31)41)30-14-18-43-37(36(30)42)25-10-11-27(24-47)33(22-25)51-5/h7-14,18,22,24,28H,15-17,19-21,23H2,1-6H3. The van der Waals surface area contributed by atoms with Gasteiger partial charge in [0.2, 0.25) is 11.8 Å². The van der Waals surface area contributed by atoms with Crippen molar-refractivity contribution in [3.8, 4) is 45.3 Å². The van der Waals surface area contributed by atoms with Crippen molar-refractivity contribution < 1.29 is 33.3 Å². The van der Waals surface area contributed by atoms with Crippen molar-refractivity contribution in [2.45, 2.75) is 58.2 Å². The summed E-state index contributed by atoms with van der Waals surface area (Å²) >= 11 is 14.1. The summed E-state index contributed by atoms with van der Waals surface area (Å²) in [7, 11) is 4.60. The largest absolute Gasteiger partial charge is 0.496 e. The third-order valence-corrected chi connectivity index (χ3v) is 9.76. The molecule has 1 saturated heterocycles. The number of carbonyl (C=O) groups is 3. The summed E-state index contributed by atoms with van der Waals surface area (Å²) in [5, 5.41) is 0.797. The summed E-state index contributed by atoms with van der Waals surface area (Å²) in [6, 6.07) is 16.1. The lowest BCUT2D eigenvalue weighted by Gasteiger charge is -2.39. The Hall–Kier alpha value is -4.71. The summed E-state index contributed by atoms with van der Waals surface area (Å²) in [4.78, 5) is 50.6. The average Bonchev–Trinajstić information content (AvgIpc) is 3.15. The van der Waals surface area contributed by atoms with E-state index >= 15 is 0 Å². The summed E-state index contributed by atoms with van der Waals surface area (Å²) in [6.07, 6.45) is 3.45. The van der Waals surface area contributed by atoms with E-state index in [4.69, 9.17) is 47.1 Å². The highest BCUT2D eigenvalue weighted by Gasteiger charge is 2.33. The molecule has 2 amide bonds. The Morgan fingerprint density at radius 1 is 0.943 bits per heavy atom. The van der Waals surface area contributed by atoms with Crippen LogP contribution in [0, 0.1) is 0 Å².